The van der Waals surface area contributed by atoms with Crippen LogP contribution in [0.2, 0.25) is 0 Å². The van der Waals surface area contributed by atoms with Crippen molar-refractivity contribution in [3.63, 3.8) is 0 Å². The van der Waals surface area contributed by atoms with Gasteiger partial charge < -0.3 is 26.4 Å². The smallest absolute Gasteiger partial charge is 0.475 e. The Kier molecular flexibility index (Phi) is 15.9. The van der Waals surface area contributed by atoms with E-state index < -0.39 is 12.1 Å². The van der Waals surface area contributed by atoms with Gasteiger partial charge in [0.1, 0.15) is 0 Å². The Morgan fingerprint density at radius 3 is 1.15 bits per heavy atom. The molecule has 336 valence electrons. The molecule has 4 atom stereocenters. The highest BCUT2D eigenvalue weighted by Gasteiger charge is 2.44. The molecule has 5 N–H and O–H groups in total. The van der Waals surface area contributed by atoms with Gasteiger partial charge in [-0.2, -0.15) is 13.2 Å². The van der Waals surface area contributed by atoms with Gasteiger partial charge in [0.2, 0.25) is 0 Å². The van der Waals surface area contributed by atoms with E-state index in [0.29, 0.717) is 36.3 Å². The largest absolute Gasteiger partial charge is 0.490 e. The van der Waals surface area contributed by atoms with Crippen molar-refractivity contribution in [2.75, 3.05) is 26.2 Å². The van der Waals surface area contributed by atoms with Crippen molar-refractivity contribution in [2.45, 2.75) is 171 Å². The molecule has 2 aromatic carbocycles. The van der Waals surface area contributed by atoms with Gasteiger partial charge in [-0.1, -0.05) is 74.2 Å². The minimum atomic E-state index is -5.08. The lowest BCUT2D eigenvalue weighted by Gasteiger charge is -2.31. The molecule has 0 aromatic heterocycles. The number of amides is 4. The van der Waals surface area contributed by atoms with Gasteiger partial charge in [0, 0.05) is 49.3 Å². The molecular weight excluding hydrogens is 782 g/mol. The Hall–Kier alpha value is -3.84. The monoisotopic (exact) mass is 851 g/mol. The first-order valence-electron chi connectivity index (χ1n) is 23.6. The summed E-state index contributed by atoms with van der Waals surface area (Å²) >= 11 is 0. The van der Waals surface area contributed by atoms with Crippen molar-refractivity contribution in [1.82, 2.24) is 31.1 Å². The van der Waals surface area contributed by atoms with Crippen LogP contribution in [-0.4, -0.2) is 77.4 Å². The van der Waals surface area contributed by atoms with Crippen molar-refractivity contribution in [3.05, 3.63) is 70.8 Å². The summed E-state index contributed by atoms with van der Waals surface area (Å²) in [6.07, 6.45) is 18.9. The summed E-state index contributed by atoms with van der Waals surface area (Å²) in [6, 6.07) is 21.5. The number of benzene rings is 2. The average Bonchev–Trinajstić information content (AvgIpc) is 4.02. The maximum atomic E-state index is 12.5. The van der Waals surface area contributed by atoms with E-state index in [9.17, 15) is 22.8 Å². The van der Waals surface area contributed by atoms with Gasteiger partial charge in [0.05, 0.1) is 0 Å². The highest BCUT2D eigenvalue weighted by Crippen LogP contribution is 2.54. The second kappa shape index (κ2) is 21.5. The number of carboxylic acids is 1. The van der Waals surface area contributed by atoms with E-state index in [1.54, 1.807) is 22.3 Å². The lowest BCUT2D eigenvalue weighted by atomic mass is 9.84. The normalized spacial score (nSPS) is 27.7. The molecule has 8 rings (SSSR count). The third-order valence-electron chi connectivity index (χ3n) is 14.8. The Bertz CT molecular complexity index is 1570. The molecule has 2 saturated carbocycles. The molecule has 0 spiro atoms. The van der Waals surface area contributed by atoms with E-state index in [2.05, 4.69) is 79.6 Å². The van der Waals surface area contributed by atoms with Gasteiger partial charge in [-0.25, -0.2) is 14.4 Å². The standard InChI is InChI=1S/C46H68N6O2.C2HF3O2/c53-45(49-35-19-15-33(16-20-35)27-31-51-41-23-24-42(51)38-12-6-5-11-37(38)41)47-29-9-3-1-2-4-10-30-48-46(54)50-36-21-17-34(18-22-36)28-32-52-43-25-26-44(52)40-14-8-7-13-39(40)43;3-2(4,5)1(6)7/h5-8,11-14,33-36,41-44H,1-4,9-10,15-32H2,(H2,47,49,53)(H2,48,50,54);(H,6,7)/t33?,34?,35?,36?,41-,42+,43-,44+;. The molecule has 13 heteroatoms. The van der Waals surface area contributed by atoms with Gasteiger partial charge in [0.25, 0.3) is 0 Å². The van der Waals surface area contributed by atoms with Gasteiger partial charge >= 0.3 is 24.2 Å². The first-order chi connectivity index (χ1) is 29.5. The zero-order valence-electron chi connectivity index (χ0n) is 35.9. The summed E-state index contributed by atoms with van der Waals surface area (Å²) < 4.78 is 31.7. The molecule has 4 heterocycles. The minimum Gasteiger partial charge on any atom is -0.475 e. The van der Waals surface area contributed by atoms with Crippen molar-refractivity contribution in [2.24, 2.45) is 11.8 Å². The number of aliphatic carboxylic acids is 1. The zero-order chi connectivity index (χ0) is 42.8. The summed E-state index contributed by atoms with van der Waals surface area (Å²) in [5, 5.41) is 19.8. The fourth-order valence-electron chi connectivity index (χ4n) is 11.6. The number of hydrogen-bond donors (Lipinski definition) is 5. The first kappa shape index (κ1) is 45.2. The predicted octanol–water partition coefficient (Wildman–Crippen LogP) is 10.2. The number of rotatable bonds is 17. The van der Waals surface area contributed by atoms with Crippen LogP contribution in [0, 0.1) is 11.8 Å². The molecule has 0 radical (unpaired) electrons. The van der Waals surface area contributed by atoms with E-state index in [0.717, 1.165) is 76.3 Å². The molecule has 4 amide bonds. The van der Waals surface area contributed by atoms with Crippen LogP contribution in [-0.2, 0) is 4.79 Å². The quantitative estimate of drug-likeness (QED) is 0.101. The topological polar surface area (TPSA) is 126 Å². The molecule has 2 saturated heterocycles. The Morgan fingerprint density at radius 1 is 0.525 bits per heavy atom. The van der Waals surface area contributed by atoms with Crippen molar-refractivity contribution in [3.8, 4) is 0 Å². The minimum absolute atomic E-state index is 0.0120. The van der Waals surface area contributed by atoms with E-state index in [-0.39, 0.29) is 12.1 Å². The molecule has 6 aliphatic rings. The summed E-state index contributed by atoms with van der Waals surface area (Å²) in [5.74, 6) is -1.17. The van der Waals surface area contributed by atoms with Crippen LogP contribution >= 0.6 is 0 Å². The predicted molar refractivity (Wildman–Crippen MR) is 231 cm³/mol. The maximum Gasteiger partial charge on any atom is 0.490 e. The first-order valence-corrected chi connectivity index (χ1v) is 23.6. The van der Waals surface area contributed by atoms with E-state index in [1.165, 1.54) is 90.1 Å². The van der Waals surface area contributed by atoms with E-state index in [1.807, 2.05) is 0 Å². The third kappa shape index (κ3) is 12.0. The zero-order valence-corrected chi connectivity index (χ0v) is 35.9. The van der Waals surface area contributed by atoms with Crippen LogP contribution in [0.4, 0.5) is 22.8 Å². The molecule has 0 unspecified atom stereocenters. The van der Waals surface area contributed by atoms with Crippen LogP contribution in [0.3, 0.4) is 0 Å². The number of alkyl halides is 3. The highest BCUT2D eigenvalue weighted by molar-refractivity contribution is 5.74. The summed E-state index contributed by atoms with van der Waals surface area (Å²) in [5.41, 5.74) is 6.34. The van der Waals surface area contributed by atoms with Crippen molar-refractivity contribution in [1.29, 1.82) is 0 Å². The van der Waals surface area contributed by atoms with Crippen molar-refractivity contribution < 1.29 is 32.7 Å². The average molecular weight is 851 g/mol. The number of hydrogen-bond acceptors (Lipinski definition) is 5. The summed E-state index contributed by atoms with van der Waals surface area (Å²) in [4.78, 5) is 39.5. The Morgan fingerprint density at radius 2 is 0.836 bits per heavy atom. The number of carboxylic acid groups (broad SMARTS) is 1. The van der Waals surface area contributed by atoms with E-state index >= 15 is 0 Å². The lowest BCUT2D eigenvalue weighted by molar-refractivity contribution is -0.192. The second-order valence-corrected chi connectivity index (χ2v) is 18.7. The molecule has 4 aliphatic heterocycles. The molecule has 10 nitrogen and oxygen atoms in total. The third-order valence-corrected chi connectivity index (χ3v) is 14.8. The fraction of sp³-hybridized carbons (Fsp3) is 0.688. The number of nitrogens with one attached hydrogen (secondary N) is 4. The summed E-state index contributed by atoms with van der Waals surface area (Å²) in [6.45, 7) is 3.94. The molecular formula is C48H69F3N6O4. The number of halogens is 3. The van der Waals surface area contributed by atoms with Gasteiger partial charge in [-0.05, 0) is 150 Å². The van der Waals surface area contributed by atoms with Crippen molar-refractivity contribution >= 4 is 18.0 Å². The number of nitrogens with zero attached hydrogens (tertiary/aromatic N) is 2. The highest BCUT2D eigenvalue weighted by atomic mass is 19.4. The van der Waals surface area contributed by atoms with Crippen LogP contribution < -0.4 is 21.3 Å². The molecule has 4 bridgehead atoms. The molecule has 2 aromatic rings. The van der Waals surface area contributed by atoms with Crippen LogP contribution in [0.1, 0.15) is 175 Å². The SMILES string of the molecule is O=C(NCCCCCCCCNC(=O)NC1CCC(CCN2[C@@H]3CC[C@H]2c2ccccc23)CC1)NC1CCC(CCN2[C@@H]3CC[C@H]2c2ccccc23)CC1.O=C(O)C(F)(F)F. The lowest BCUT2D eigenvalue weighted by Crippen LogP contribution is -2.44. The Labute approximate surface area is 360 Å². The number of urea groups is 2. The van der Waals surface area contributed by atoms with Crippen LogP contribution in [0.25, 0.3) is 0 Å². The molecule has 61 heavy (non-hydrogen) atoms. The van der Waals surface area contributed by atoms with Gasteiger partial charge in [0.15, 0.2) is 0 Å². The number of fused-ring (bicyclic) bond motifs is 10. The fourth-order valence-corrected chi connectivity index (χ4v) is 11.6. The van der Waals surface area contributed by atoms with Gasteiger partial charge in [-0.3, -0.25) is 9.80 Å². The molecule has 4 fully saturated rings. The molecule has 2 aliphatic carbocycles. The number of unbranched alkanes of at least 4 members (excludes halogenated alkanes) is 5. The van der Waals surface area contributed by atoms with Crippen LogP contribution in [0.15, 0.2) is 48.5 Å². The summed E-state index contributed by atoms with van der Waals surface area (Å²) in [7, 11) is 0. The Balaban J connectivity index is 0.000000739. The van der Waals surface area contributed by atoms with Gasteiger partial charge in [-0.15, -0.1) is 0 Å². The van der Waals surface area contributed by atoms with Crippen LogP contribution in [0.5, 0.6) is 0 Å². The second-order valence-electron chi connectivity index (χ2n) is 18.7. The maximum absolute atomic E-state index is 12.5. The van der Waals surface area contributed by atoms with E-state index in [4.69, 9.17) is 9.90 Å². The number of carbonyl (C=O) groups excluding carboxylic acids is 2. The number of carbonyl (C=O) groups is 3.